The lowest BCUT2D eigenvalue weighted by molar-refractivity contribution is 0.0195. The van der Waals surface area contributed by atoms with Crippen molar-refractivity contribution in [1.29, 1.82) is 0 Å². The summed E-state index contributed by atoms with van der Waals surface area (Å²) in [6, 6.07) is 11.2. The maximum atomic E-state index is 3.71. The summed E-state index contributed by atoms with van der Waals surface area (Å²) in [6.45, 7) is 7.20. The quantitative estimate of drug-likeness (QED) is 0.461. The van der Waals surface area contributed by atoms with Crippen LogP contribution in [0.2, 0.25) is 0 Å². The van der Waals surface area contributed by atoms with Crippen LogP contribution in [0.4, 0.5) is 5.69 Å². The van der Waals surface area contributed by atoms with Crippen LogP contribution in [0.1, 0.15) is 90.9 Å². The molecule has 1 aromatic carbocycles. The van der Waals surface area contributed by atoms with Gasteiger partial charge in [-0.1, -0.05) is 26.1 Å². The van der Waals surface area contributed by atoms with E-state index >= 15 is 0 Å². The summed E-state index contributed by atoms with van der Waals surface area (Å²) in [5.74, 6) is 6.36. The lowest BCUT2D eigenvalue weighted by Gasteiger charge is -2.68. The third-order valence-electron chi connectivity index (χ3n) is 12.2. The van der Waals surface area contributed by atoms with Gasteiger partial charge in [0, 0.05) is 36.2 Å². The van der Waals surface area contributed by atoms with Crippen molar-refractivity contribution < 1.29 is 0 Å². The highest BCUT2D eigenvalue weighted by Crippen LogP contribution is 2.78. The Kier molecular flexibility index (Phi) is 5.09. The van der Waals surface area contributed by atoms with Crippen LogP contribution < -0.4 is 15.5 Å². The number of rotatable bonds is 4. The molecule has 1 aromatic rings. The van der Waals surface area contributed by atoms with Gasteiger partial charge in [-0.3, -0.25) is 0 Å². The number of hydrogen-bond donors (Lipinski definition) is 1. The minimum atomic E-state index is -0.150. The Morgan fingerprint density at radius 2 is 1.06 bits per heavy atom. The van der Waals surface area contributed by atoms with Gasteiger partial charge in [0.2, 0.25) is 0 Å². The molecule has 2 nitrogen and oxygen atoms in total. The lowest BCUT2D eigenvalue weighted by Crippen LogP contribution is -2.59. The molecule has 9 aliphatic rings. The van der Waals surface area contributed by atoms with Crippen molar-refractivity contribution in [2.24, 2.45) is 35.5 Å². The van der Waals surface area contributed by atoms with Crippen LogP contribution in [0.15, 0.2) is 24.3 Å². The van der Waals surface area contributed by atoms with Gasteiger partial charge in [-0.25, -0.2) is 0 Å². The van der Waals surface area contributed by atoms with Crippen LogP contribution in [0.5, 0.6) is 0 Å². The third-order valence-corrected chi connectivity index (χ3v) is 16.0. The number of piperazine rings is 1. The second-order valence-corrected chi connectivity index (χ2v) is 17.9. The van der Waals surface area contributed by atoms with Gasteiger partial charge >= 0.3 is 0 Å². The summed E-state index contributed by atoms with van der Waals surface area (Å²) < 4.78 is 0. The zero-order valence-electron chi connectivity index (χ0n) is 22.2. The number of nitrogens with zero attached hydrogens (tertiary/aromatic N) is 1. The highest BCUT2D eigenvalue weighted by molar-refractivity contribution is 7.69. The largest absolute Gasteiger partial charge is 0.363 e. The Morgan fingerprint density at radius 3 is 1.49 bits per heavy atom. The Hall–Kier alpha value is -0.590. The van der Waals surface area contributed by atoms with Gasteiger partial charge in [0.15, 0.2) is 0 Å². The molecule has 2 unspecified atom stereocenters. The van der Waals surface area contributed by atoms with E-state index in [0.29, 0.717) is 22.4 Å². The number of hydrogen-bond acceptors (Lipinski definition) is 2. The van der Waals surface area contributed by atoms with Crippen LogP contribution in [-0.4, -0.2) is 35.5 Å². The predicted octanol–water partition coefficient (Wildman–Crippen LogP) is 6.92. The van der Waals surface area contributed by atoms with Gasteiger partial charge in [0.1, 0.15) is 0 Å². The molecule has 1 saturated heterocycles. The van der Waals surface area contributed by atoms with E-state index < -0.39 is 0 Å². The van der Waals surface area contributed by atoms with E-state index in [9.17, 15) is 0 Å². The molecular weight excluding hydrogens is 443 g/mol. The van der Waals surface area contributed by atoms with Crippen LogP contribution in [0.25, 0.3) is 0 Å². The van der Waals surface area contributed by atoms with E-state index in [2.05, 4.69) is 48.3 Å². The van der Waals surface area contributed by atoms with Crippen molar-refractivity contribution in [3.8, 4) is 0 Å². The Balaban J connectivity index is 1.30. The molecule has 0 radical (unpaired) electrons. The molecule has 0 amide bonds. The molecule has 2 atom stereocenters. The summed E-state index contributed by atoms with van der Waals surface area (Å²) in [5, 5.41) is 6.90. The molecule has 0 aromatic heterocycles. The first-order valence-electron chi connectivity index (χ1n) is 15.4. The molecule has 1 heterocycles. The standard InChI is InChI=1S/C32H47N2P/c1-21-19-33-20-22(2)34(21)29-5-3-4-6-30(29)35(31-13-23-7-24(14-31)9-25(8-23)15-31)32-16-26-10-27(17-32)12-28(11-26)18-32/h3-6,21-28,33H,7-20H2,1-2H3. The average molecular weight is 491 g/mol. The van der Waals surface area contributed by atoms with E-state index in [1.54, 1.807) is 82.7 Å². The van der Waals surface area contributed by atoms with Crippen molar-refractivity contribution in [3.63, 3.8) is 0 Å². The van der Waals surface area contributed by atoms with Gasteiger partial charge < -0.3 is 10.2 Å². The summed E-state index contributed by atoms with van der Waals surface area (Å²) in [6.07, 6.45) is 19.0. The second kappa shape index (κ2) is 7.96. The smallest absolute Gasteiger partial charge is 0.0450 e. The summed E-state index contributed by atoms with van der Waals surface area (Å²) in [5.41, 5.74) is 1.66. The first-order valence-corrected chi connectivity index (χ1v) is 16.7. The lowest BCUT2D eigenvalue weighted by atomic mass is 9.55. The fraction of sp³-hybridized carbons (Fsp3) is 0.812. The van der Waals surface area contributed by atoms with Crippen molar-refractivity contribution in [3.05, 3.63) is 24.3 Å². The monoisotopic (exact) mass is 490 g/mol. The molecular formula is C32H47N2P. The zero-order valence-corrected chi connectivity index (χ0v) is 23.1. The summed E-state index contributed by atoms with van der Waals surface area (Å²) in [7, 11) is -0.150. The zero-order chi connectivity index (χ0) is 23.4. The molecule has 10 rings (SSSR count). The highest BCUT2D eigenvalue weighted by Gasteiger charge is 2.63. The highest BCUT2D eigenvalue weighted by atomic mass is 31.1. The molecule has 9 fully saturated rings. The Morgan fingerprint density at radius 1 is 0.657 bits per heavy atom. The van der Waals surface area contributed by atoms with Gasteiger partial charge in [-0.05, 0) is 143 Å². The van der Waals surface area contributed by atoms with Crippen LogP contribution in [-0.2, 0) is 0 Å². The Labute approximate surface area is 215 Å². The molecule has 190 valence electrons. The first kappa shape index (κ1) is 22.4. The molecule has 1 N–H and O–H groups in total. The fourth-order valence-corrected chi connectivity index (χ4v) is 17.5. The topological polar surface area (TPSA) is 15.3 Å². The van der Waals surface area contributed by atoms with E-state index in [4.69, 9.17) is 0 Å². The maximum absolute atomic E-state index is 3.71. The number of nitrogens with one attached hydrogen (secondary N) is 1. The van der Waals surface area contributed by atoms with Crippen molar-refractivity contribution in [1.82, 2.24) is 5.32 Å². The maximum Gasteiger partial charge on any atom is 0.0450 e. The van der Waals surface area contributed by atoms with E-state index in [1.807, 2.05) is 5.30 Å². The molecule has 8 aliphatic carbocycles. The molecule has 1 aliphatic heterocycles. The molecule has 0 spiro atoms. The van der Waals surface area contributed by atoms with Crippen LogP contribution in [0, 0.1) is 35.5 Å². The number of anilines is 1. The van der Waals surface area contributed by atoms with Gasteiger partial charge in [0.05, 0.1) is 0 Å². The van der Waals surface area contributed by atoms with E-state index in [0.717, 1.165) is 48.6 Å². The SMILES string of the molecule is CC1CNCC(C)N1c1ccccc1P(C12CC3CC(CC(C3)C1)C2)C12CC3CC(CC(C3)C1)C2. The summed E-state index contributed by atoms with van der Waals surface area (Å²) in [4.78, 5) is 2.86. The number of para-hydroxylation sites is 1. The molecule has 8 bridgehead atoms. The van der Waals surface area contributed by atoms with E-state index in [1.165, 1.54) is 0 Å². The van der Waals surface area contributed by atoms with Crippen molar-refractivity contribution in [2.75, 3.05) is 18.0 Å². The normalized spacial score (nSPS) is 50.6. The third kappa shape index (κ3) is 3.40. The predicted molar refractivity (Wildman–Crippen MR) is 149 cm³/mol. The summed E-state index contributed by atoms with van der Waals surface area (Å²) >= 11 is 0. The minimum absolute atomic E-state index is 0.150. The average Bonchev–Trinajstić information content (AvgIpc) is 2.78. The second-order valence-electron chi connectivity index (χ2n) is 14.9. The Bertz CT molecular complexity index is 861. The minimum Gasteiger partial charge on any atom is -0.363 e. The van der Waals surface area contributed by atoms with Crippen molar-refractivity contribution in [2.45, 2.75) is 113 Å². The van der Waals surface area contributed by atoms with E-state index in [-0.39, 0.29) is 7.92 Å². The van der Waals surface area contributed by atoms with Crippen LogP contribution in [0.3, 0.4) is 0 Å². The first-order chi connectivity index (χ1) is 17.0. The fourth-order valence-electron chi connectivity index (χ4n) is 12.2. The van der Waals surface area contributed by atoms with Crippen molar-refractivity contribution >= 4 is 18.9 Å². The molecule has 35 heavy (non-hydrogen) atoms. The van der Waals surface area contributed by atoms with Gasteiger partial charge in [-0.15, -0.1) is 0 Å². The van der Waals surface area contributed by atoms with Gasteiger partial charge in [-0.2, -0.15) is 0 Å². The molecule has 8 saturated carbocycles. The van der Waals surface area contributed by atoms with Gasteiger partial charge in [0.25, 0.3) is 0 Å². The molecule has 3 heteroatoms. The van der Waals surface area contributed by atoms with Crippen LogP contribution >= 0.6 is 7.92 Å². The number of benzene rings is 1.